The van der Waals surface area contributed by atoms with E-state index in [0.29, 0.717) is 17.1 Å². The molecular formula is C27H21F3NO4+. The van der Waals surface area contributed by atoms with E-state index in [4.69, 9.17) is 18.9 Å². The van der Waals surface area contributed by atoms with E-state index in [-0.39, 0.29) is 13.4 Å². The molecule has 6 rings (SSSR count). The second kappa shape index (κ2) is 8.08. The van der Waals surface area contributed by atoms with Crippen LogP contribution in [0.15, 0.2) is 60.8 Å². The first-order valence-electron chi connectivity index (χ1n) is 11.2. The molecule has 0 unspecified atom stereocenters. The summed E-state index contributed by atoms with van der Waals surface area (Å²) < 4.78 is 63.6. The van der Waals surface area contributed by atoms with E-state index in [0.717, 1.165) is 58.6 Å². The Balaban J connectivity index is 1.37. The van der Waals surface area contributed by atoms with Gasteiger partial charge >= 0.3 is 6.18 Å². The Hall–Kier alpha value is -3.94. The van der Waals surface area contributed by atoms with Gasteiger partial charge in [-0.15, -0.1) is 0 Å². The molecule has 3 aromatic carbocycles. The summed E-state index contributed by atoms with van der Waals surface area (Å²) in [5.41, 5.74) is 3.32. The molecule has 0 amide bonds. The Bertz CT molecular complexity index is 1450. The van der Waals surface area contributed by atoms with E-state index < -0.39 is 11.7 Å². The van der Waals surface area contributed by atoms with E-state index in [1.165, 1.54) is 17.7 Å². The number of benzene rings is 3. The van der Waals surface area contributed by atoms with Crippen molar-refractivity contribution in [1.29, 1.82) is 0 Å². The number of ether oxygens (including phenoxy) is 4. The maximum absolute atomic E-state index is 12.9. The van der Waals surface area contributed by atoms with Gasteiger partial charge in [0.1, 0.15) is 6.61 Å². The summed E-state index contributed by atoms with van der Waals surface area (Å²) in [6.07, 6.45) is -1.48. The summed E-state index contributed by atoms with van der Waals surface area (Å²) in [5.74, 6) is 2.63. The Morgan fingerprint density at radius 2 is 1.74 bits per heavy atom. The highest BCUT2D eigenvalue weighted by molar-refractivity contribution is 5.91. The second-order valence-electron chi connectivity index (χ2n) is 8.55. The Kier molecular flexibility index (Phi) is 4.98. The van der Waals surface area contributed by atoms with Crippen LogP contribution >= 0.6 is 0 Å². The Labute approximate surface area is 199 Å². The van der Waals surface area contributed by atoms with Gasteiger partial charge in [0.15, 0.2) is 35.7 Å². The molecule has 0 N–H and O–H groups in total. The van der Waals surface area contributed by atoms with E-state index in [1.54, 1.807) is 7.11 Å². The van der Waals surface area contributed by atoms with Crippen LogP contribution in [0, 0.1) is 0 Å². The lowest BCUT2D eigenvalue weighted by Gasteiger charge is -2.18. The van der Waals surface area contributed by atoms with Crippen molar-refractivity contribution in [3.63, 3.8) is 0 Å². The number of aryl methyl sites for hydroxylation is 2. The van der Waals surface area contributed by atoms with Gasteiger partial charge in [-0.05, 0) is 52.9 Å². The number of halogens is 3. The molecule has 0 radical (unpaired) electrons. The van der Waals surface area contributed by atoms with Gasteiger partial charge in [0, 0.05) is 12.5 Å². The van der Waals surface area contributed by atoms with Crippen molar-refractivity contribution >= 4 is 10.8 Å². The molecule has 0 fully saturated rings. The number of methoxy groups -OCH3 is 1. The molecule has 2 aliphatic heterocycles. The van der Waals surface area contributed by atoms with Crippen molar-refractivity contribution < 1.29 is 36.7 Å². The Morgan fingerprint density at radius 1 is 0.971 bits per heavy atom. The molecule has 0 saturated heterocycles. The number of alkyl halides is 3. The zero-order valence-corrected chi connectivity index (χ0v) is 18.8. The molecule has 0 aliphatic carbocycles. The van der Waals surface area contributed by atoms with Gasteiger partial charge in [-0.2, -0.15) is 17.7 Å². The summed E-state index contributed by atoms with van der Waals surface area (Å²) in [7, 11) is 1.57. The minimum Gasteiger partial charge on any atom is -0.493 e. The van der Waals surface area contributed by atoms with Crippen molar-refractivity contribution in [3.8, 4) is 34.3 Å². The maximum Gasteiger partial charge on any atom is 0.416 e. The summed E-state index contributed by atoms with van der Waals surface area (Å²) in [6, 6.07) is 15.0. The number of fused-ring (bicyclic) bond motifs is 5. The third-order valence-electron chi connectivity index (χ3n) is 6.46. The quantitative estimate of drug-likeness (QED) is 0.352. The van der Waals surface area contributed by atoms with Crippen molar-refractivity contribution in [3.05, 3.63) is 77.5 Å². The maximum atomic E-state index is 12.9. The fourth-order valence-electron chi connectivity index (χ4n) is 4.65. The molecule has 5 nitrogen and oxygen atoms in total. The third kappa shape index (κ3) is 3.79. The van der Waals surface area contributed by atoms with Crippen LogP contribution in [-0.2, 0) is 25.7 Å². The molecule has 35 heavy (non-hydrogen) atoms. The molecule has 178 valence electrons. The predicted molar refractivity (Wildman–Crippen MR) is 122 cm³/mol. The van der Waals surface area contributed by atoms with Crippen LogP contribution < -0.4 is 23.5 Å². The number of rotatable bonds is 4. The van der Waals surface area contributed by atoms with Crippen LogP contribution in [0.25, 0.3) is 22.0 Å². The Morgan fingerprint density at radius 3 is 2.49 bits per heavy atom. The molecule has 8 heteroatoms. The molecule has 1 aromatic heterocycles. The van der Waals surface area contributed by atoms with Crippen molar-refractivity contribution in [2.45, 2.75) is 25.7 Å². The molecule has 2 aliphatic rings. The fraction of sp³-hybridized carbons (Fsp3) is 0.222. The van der Waals surface area contributed by atoms with Crippen LogP contribution in [-0.4, -0.2) is 13.9 Å². The molecule has 0 spiro atoms. The highest BCUT2D eigenvalue weighted by Crippen LogP contribution is 2.42. The summed E-state index contributed by atoms with van der Waals surface area (Å²) >= 11 is 0. The largest absolute Gasteiger partial charge is 0.493 e. The minimum atomic E-state index is -4.37. The van der Waals surface area contributed by atoms with E-state index in [9.17, 15) is 13.2 Å². The first-order valence-corrected chi connectivity index (χ1v) is 11.2. The highest BCUT2D eigenvalue weighted by Gasteiger charge is 2.30. The van der Waals surface area contributed by atoms with Crippen molar-refractivity contribution in [2.75, 3.05) is 13.9 Å². The van der Waals surface area contributed by atoms with Crippen LogP contribution in [0.1, 0.15) is 16.7 Å². The topological polar surface area (TPSA) is 40.8 Å². The highest BCUT2D eigenvalue weighted by atomic mass is 19.4. The van der Waals surface area contributed by atoms with Gasteiger partial charge in [-0.1, -0.05) is 12.1 Å². The first kappa shape index (κ1) is 21.6. The summed E-state index contributed by atoms with van der Waals surface area (Å²) in [6.45, 7) is 1.13. The third-order valence-corrected chi connectivity index (χ3v) is 6.46. The van der Waals surface area contributed by atoms with Crippen LogP contribution in [0.4, 0.5) is 13.2 Å². The fourth-order valence-corrected chi connectivity index (χ4v) is 4.65. The number of pyridine rings is 1. The number of hydrogen-bond acceptors (Lipinski definition) is 4. The van der Waals surface area contributed by atoms with Gasteiger partial charge in [0.25, 0.3) is 0 Å². The predicted octanol–water partition coefficient (Wildman–Crippen LogP) is 5.69. The average molecular weight is 480 g/mol. The van der Waals surface area contributed by atoms with Crippen molar-refractivity contribution in [1.82, 2.24) is 0 Å². The molecular weight excluding hydrogens is 459 g/mol. The lowest BCUT2D eigenvalue weighted by atomic mass is 9.95. The zero-order chi connectivity index (χ0) is 24.2. The minimum absolute atomic E-state index is 0.113. The molecule has 4 aromatic rings. The lowest BCUT2D eigenvalue weighted by molar-refractivity contribution is -0.686. The van der Waals surface area contributed by atoms with Gasteiger partial charge in [0.05, 0.1) is 23.6 Å². The van der Waals surface area contributed by atoms with Gasteiger partial charge in [-0.25, -0.2) is 0 Å². The monoisotopic (exact) mass is 480 g/mol. The van der Waals surface area contributed by atoms with Gasteiger partial charge < -0.3 is 18.9 Å². The van der Waals surface area contributed by atoms with E-state index in [1.807, 2.05) is 24.4 Å². The molecule has 0 saturated carbocycles. The molecule has 0 bridgehead atoms. The number of hydrogen-bond donors (Lipinski definition) is 0. The number of aromatic nitrogens is 1. The second-order valence-corrected chi connectivity index (χ2v) is 8.55. The van der Waals surface area contributed by atoms with E-state index >= 15 is 0 Å². The zero-order valence-electron chi connectivity index (χ0n) is 18.8. The lowest BCUT2D eigenvalue weighted by Crippen LogP contribution is -2.40. The van der Waals surface area contributed by atoms with Crippen LogP contribution in [0.2, 0.25) is 0 Å². The van der Waals surface area contributed by atoms with Crippen molar-refractivity contribution in [2.24, 2.45) is 0 Å². The molecule has 3 heterocycles. The SMILES string of the molecule is COc1ccc2cc3[n+](cc2c1OCc1ccc(C(F)(F)F)cc1)CCc1cc2c(cc1-3)OCO2. The van der Waals surface area contributed by atoms with E-state index in [2.05, 4.69) is 16.7 Å². The molecule has 0 atom stereocenters. The van der Waals surface area contributed by atoms with Gasteiger partial charge in [0.2, 0.25) is 12.5 Å². The average Bonchev–Trinajstić information content (AvgIpc) is 3.32. The van der Waals surface area contributed by atoms with Gasteiger partial charge in [-0.3, -0.25) is 0 Å². The van der Waals surface area contributed by atoms with Crippen LogP contribution in [0.5, 0.6) is 23.0 Å². The smallest absolute Gasteiger partial charge is 0.416 e. The normalized spacial score (nSPS) is 13.9. The first-order chi connectivity index (χ1) is 16.9. The summed E-state index contributed by atoms with van der Waals surface area (Å²) in [5, 5.41) is 1.83. The summed E-state index contributed by atoms with van der Waals surface area (Å²) in [4.78, 5) is 0. The van der Waals surface area contributed by atoms with Crippen LogP contribution in [0.3, 0.4) is 0 Å². The standard InChI is InChI=1S/C27H21F3NO4/c1-32-23-7-4-17-10-22-20-12-25-24(34-15-35-25)11-18(20)8-9-31(22)13-21(17)26(23)33-14-16-2-5-19(6-3-16)27(28,29)30/h2-7,10-13H,8-9,14-15H2,1H3/q+1. The number of nitrogens with zero attached hydrogens (tertiary/aromatic N) is 1.